The first-order chi connectivity index (χ1) is 10.6. The van der Waals surface area contributed by atoms with Crippen LogP contribution in [0.5, 0.6) is 0 Å². The monoisotopic (exact) mass is 313 g/mol. The average Bonchev–Trinajstić information content (AvgIpc) is 2.52. The van der Waals surface area contributed by atoms with E-state index in [1.807, 2.05) is 60.7 Å². The summed E-state index contributed by atoms with van der Waals surface area (Å²) in [5.41, 5.74) is 2.33. The van der Waals surface area contributed by atoms with Gasteiger partial charge >= 0.3 is 0 Å². The van der Waals surface area contributed by atoms with Crippen molar-refractivity contribution in [3.05, 3.63) is 70.7 Å². The summed E-state index contributed by atoms with van der Waals surface area (Å²) in [6.07, 6.45) is 1.84. The van der Waals surface area contributed by atoms with Crippen LogP contribution in [0, 0.1) is 5.92 Å². The molecular formula is C19H20ClNO. The van der Waals surface area contributed by atoms with E-state index in [9.17, 15) is 4.79 Å². The Morgan fingerprint density at radius 1 is 1.09 bits per heavy atom. The minimum Gasteiger partial charge on any atom is -0.352 e. The van der Waals surface area contributed by atoms with Crippen molar-refractivity contribution in [3.63, 3.8) is 0 Å². The molecule has 0 saturated heterocycles. The molecule has 22 heavy (non-hydrogen) atoms. The molecule has 0 saturated carbocycles. The Morgan fingerprint density at radius 2 is 1.73 bits per heavy atom. The molecule has 0 aliphatic carbocycles. The highest BCUT2D eigenvalue weighted by atomic mass is 35.5. The second-order valence-electron chi connectivity index (χ2n) is 5.55. The first-order valence-electron chi connectivity index (χ1n) is 7.37. The number of halogens is 1. The van der Waals surface area contributed by atoms with Crippen molar-refractivity contribution in [2.45, 2.75) is 13.8 Å². The Hall–Kier alpha value is -2.06. The highest BCUT2D eigenvalue weighted by Crippen LogP contribution is 2.23. The van der Waals surface area contributed by atoms with Crippen LogP contribution in [0.4, 0.5) is 0 Å². The maximum atomic E-state index is 12.5. The summed E-state index contributed by atoms with van der Waals surface area (Å²) in [5, 5.41) is 3.60. The van der Waals surface area contributed by atoms with E-state index in [0.29, 0.717) is 23.1 Å². The minimum atomic E-state index is -0.0835. The zero-order chi connectivity index (χ0) is 15.9. The van der Waals surface area contributed by atoms with Gasteiger partial charge in [0.25, 0.3) is 5.91 Å². The van der Waals surface area contributed by atoms with E-state index in [-0.39, 0.29) is 5.91 Å². The summed E-state index contributed by atoms with van der Waals surface area (Å²) in [6.45, 7) is 4.78. The summed E-state index contributed by atoms with van der Waals surface area (Å²) in [6, 6.07) is 17.1. The van der Waals surface area contributed by atoms with Gasteiger partial charge in [-0.2, -0.15) is 0 Å². The normalized spacial score (nSPS) is 11.5. The predicted octanol–water partition coefficient (Wildman–Crippen LogP) is 4.65. The number of nitrogens with one attached hydrogen (secondary N) is 1. The minimum absolute atomic E-state index is 0.0835. The third-order valence-electron chi connectivity index (χ3n) is 3.21. The molecule has 0 fully saturated rings. The van der Waals surface area contributed by atoms with Crippen molar-refractivity contribution >= 4 is 29.2 Å². The zero-order valence-electron chi connectivity index (χ0n) is 12.8. The van der Waals surface area contributed by atoms with Crippen molar-refractivity contribution < 1.29 is 4.79 Å². The maximum Gasteiger partial charge on any atom is 0.251 e. The van der Waals surface area contributed by atoms with E-state index < -0.39 is 0 Å². The largest absolute Gasteiger partial charge is 0.352 e. The smallest absolute Gasteiger partial charge is 0.251 e. The first kappa shape index (κ1) is 16.3. The molecule has 0 aromatic heterocycles. The van der Waals surface area contributed by atoms with Crippen molar-refractivity contribution in [1.82, 2.24) is 5.32 Å². The molecule has 0 bridgehead atoms. The molecule has 0 spiro atoms. The van der Waals surface area contributed by atoms with Gasteiger partial charge in [-0.15, -0.1) is 0 Å². The molecule has 0 aliphatic heterocycles. The van der Waals surface area contributed by atoms with Crippen LogP contribution in [0.3, 0.4) is 0 Å². The average molecular weight is 314 g/mol. The molecule has 0 unspecified atom stereocenters. The van der Waals surface area contributed by atoms with E-state index in [4.69, 9.17) is 11.6 Å². The molecule has 0 atom stereocenters. The van der Waals surface area contributed by atoms with Gasteiger partial charge in [0.1, 0.15) is 0 Å². The van der Waals surface area contributed by atoms with Gasteiger partial charge in [0.15, 0.2) is 0 Å². The fraction of sp³-hybridized carbons (Fsp3) is 0.211. The standard InChI is InChI=1S/C19H20ClNO/c1-14(2)13-21-19(22)17(15-8-4-3-5-9-15)12-16-10-6-7-11-18(16)20/h3-12,14H,13H2,1-2H3,(H,21,22)/b17-12+. The van der Waals surface area contributed by atoms with Gasteiger partial charge in [0.2, 0.25) is 0 Å². The molecule has 114 valence electrons. The molecule has 0 heterocycles. The first-order valence-corrected chi connectivity index (χ1v) is 7.75. The zero-order valence-corrected chi connectivity index (χ0v) is 13.6. The molecular weight excluding hydrogens is 294 g/mol. The van der Waals surface area contributed by atoms with Crippen LogP contribution in [0.25, 0.3) is 11.6 Å². The van der Waals surface area contributed by atoms with E-state index in [1.165, 1.54) is 0 Å². The summed E-state index contributed by atoms with van der Waals surface area (Å²) in [4.78, 5) is 12.5. The van der Waals surface area contributed by atoms with Crippen LogP contribution in [0.15, 0.2) is 54.6 Å². The van der Waals surface area contributed by atoms with Gasteiger partial charge in [0, 0.05) is 17.1 Å². The predicted molar refractivity (Wildman–Crippen MR) is 93.6 cm³/mol. The highest BCUT2D eigenvalue weighted by molar-refractivity contribution is 6.33. The van der Waals surface area contributed by atoms with Gasteiger partial charge < -0.3 is 5.32 Å². The summed E-state index contributed by atoms with van der Waals surface area (Å²) in [5.74, 6) is 0.320. The third-order valence-corrected chi connectivity index (χ3v) is 3.55. The molecule has 2 aromatic rings. The molecule has 2 rings (SSSR count). The van der Waals surface area contributed by atoms with Crippen molar-refractivity contribution in [2.75, 3.05) is 6.54 Å². The fourth-order valence-electron chi connectivity index (χ4n) is 2.04. The number of rotatable bonds is 5. The van der Waals surface area contributed by atoms with Gasteiger partial charge in [-0.25, -0.2) is 0 Å². The highest BCUT2D eigenvalue weighted by Gasteiger charge is 2.12. The lowest BCUT2D eigenvalue weighted by Gasteiger charge is -2.11. The Morgan fingerprint density at radius 3 is 2.36 bits per heavy atom. The number of hydrogen-bond acceptors (Lipinski definition) is 1. The van der Waals surface area contributed by atoms with Crippen LogP contribution < -0.4 is 5.32 Å². The molecule has 2 nitrogen and oxygen atoms in total. The molecule has 0 radical (unpaired) electrons. The number of benzene rings is 2. The Bertz CT molecular complexity index is 662. The maximum absolute atomic E-state index is 12.5. The van der Waals surface area contributed by atoms with Crippen LogP contribution >= 0.6 is 11.6 Å². The fourth-order valence-corrected chi connectivity index (χ4v) is 2.23. The third kappa shape index (κ3) is 4.47. The Kier molecular flexibility index (Phi) is 5.79. The van der Waals surface area contributed by atoms with E-state index >= 15 is 0 Å². The van der Waals surface area contributed by atoms with Crippen LogP contribution in [-0.2, 0) is 4.79 Å². The molecule has 1 N–H and O–H groups in total. The van der Waals surface area contributed by atoms with Crippen molar-refractivity contribution in [3.8, 4) is 0 Å². The molecule has 0 aliphatic rings. The van der Waals surface area contributed by atoms with Gasteiger partial charge in [-0.1, -0.05) is 74.0 Å². The molecule has 3 heteroatoms. The molecule has 2 aromatic carbocycles. The number of hydrogen-bond donors (Lipinski definition) is 1. The second-order valence-corrected chi connectivity index (χ2v) is 5.96. The molecule has 1 amide bonds. The quantitative estimate of drug-likeness (QED) is 0.631. The lowest BCUT2D eigenvalue weighted by molar-refractivity contribution is -0.115. The van der Waals surface area contributed by atoms with Crippen LogP contribution in [-0.4, -0.2) is 12.5 Å². The lowest BCUT2D eigenvalue weighted by atomic mass is 10.0. The van der Waals surface area contributed by atoms with E-state index in [2.05, 4.69) is 19.2 Å². The number of amides is 1. The number of carbonyl (C=O) groups excluding carboxylic acids is 1. The van der Waals surface area contributed by atoms with Crippen LogP contribution in [0.2, 0.25) is 5.02 Å². The van der Waals surface area contributed by atoms with E-state index in [1.54, 1.807) is 0 Å². The summed E-state index contributed by atoms with van der Waals surface area (Å²) in [7, 11) is 0. The SMILES string of the molecule is CC(C)CNC(=O)/C(=C/c1ccccc1Cl)c1ccccc1. The van der Waals surface area contributed by atoms with Crippen molar-refractivity contribution in [2.24, 2.45) is 5.92 Å². The van der Waals surface area contributed by atoms with Gasteiger partial charge in [-0.3, -0.25) is 4.79 Å². The Labute approximate surface area is 136 Å². The topological polar surface area (TPSA) is 29.1 Å². The Balaban J connectivity index is 2.38. The summed E-state index contributed by atoms with van der Waals surface area (Å²) >= 11 is 6.21. The van der Waals surface area contributed by atoms with Crippen LogP contribution in [0.1, 0.15) is 25.0 Å². The second kappa shape index (κ2) is 7.81. The summed E-state index contributed by atoms with van der Waals surface area (Å²) < 4.78 is 0. The van der Waals surface area contributed by atoms with Gasteiger partial charge in [-0.05, 0) is 29.2 Å². The lowest BCUT2D eigenvalue weighted by Crippen LogP contribution is -2.28. The van der Waals surface area contributed by atoms with Crippen molar-refractivity contribution in [1.29, 1.82) is 0 Å². The number of carbonyl (C=O) groups is 1. The van der Waals surface area contributed by atoms with E-state index in [0.717, 1.165) is 11.1 Å². The van der Waals surface area contributed by atoms with Gasteiger partial charge in [0.05, 0.1) is 0 Å².